The van der Waals surface area contributed by atoms with Crippen LogP contribution < -0.4 is 5.32 Å². The zero-order valence-electron chi connectivity index (χ0n) is 13.5. The van der Waals surface area contributed by atoms with E-state index in [0.717, 1.165) is 30.7 Å². The van der Waals surface area contributed by atoms with Gasteiger partial charge in [0.05, 0.1) is 0 Å². The summed E-state index contributed by atoms with van der Waals surface area (Å²) in [5, 5.41) is 8.12. The lowest BCUT2D eigenvalue weighted by Crippen LogP contribution is -2.55. The summed E-state index contributed by atoms with van der Waals surface area (Å²) in [5.41, 5.74) is 1.96. The molecule has 1 heterocycles. The Morgan fingerprint density at radius 2 is 1.86 bits per heavy atom. The average Bonchev–Trinajstić information content (AvgIpc) is 2.83. The van der Waals surface area contributed by atoms with Gasteiger partial charge >= 0.3 is 0 Å². The second-order valence-corrected chi connectivity index (χ2v) is 8.15. The van der Waals surface area contributed by atoms with Crippen LogP contribution >= 0.6 is 0 Å². The Hall–Kier alpha value is -0.830. The lowest BCUT2D eigenvalue weighted by molar-refractivity contribution is -0.0702. The van der Waals surface area contributed by atoms with Gasteiger partial charge in [-0.15, -0.1) is 0 Å². The molecule has 1 atom stereocenters. The molecule has 1 aromatic heterocycles. The van der Waals surface area contributed by atoms with Crippen LogP contribution in [-0.4, -0.2) is 22.4 Å². The van der Waals surface area contributed by atoms with E-state index in [1.807, 2.05) is 17.9 Å². The number of hydrogen-bond donors (Lipinski definition) is 1. The van der Waals surface area contributed by atoms with Crippen molar-refractivity contribution >= 4 is 0 Å². The number of aromatic nitrogens is 2. The van der Waals surface area contributed by atoms with E-state index >= 15 is 0 Å². The minimum Gasteiger partial charge on any atom is -0.313 e. The Bertz CT molecular complexity index is 469. The van der Waals surface area contributed by atoms with E-state index in [1.165, 1.54) is 25.0 Å². The van der Waals surface area contributed by atoms with Gasteiger partial charge in [-0.25, -0.2) is 0 Å². The maximum Gasteiger partial charge on any atom is 0.0492 e. The first-order valence-electron chi connectivity index (χ1n) is 8.85. The molecule has 0 amide bonds. The van der Waals surface area contributed by atoms with Crippen molar-refractivity contribution in [3.05, 3.63) is 18.0 Å². The first-order chi connectivity index (χ1) is 10.1. The monoisotopic (exact) mass is 287 g/mol. The molecule has 1 unspecified atom stereocenters. The number of hydrogen-bond acceptors (Lipinski definition) is 2. The van der Waals surface area contributed by atoms with Crippen LogP contribution in [-0.2, 0) is 13.5 Å². The van der Waals surface area contributed by atoms with E-state index < -0.39 is 0 Å². The van der Waals surface area contributed by atoms with Crippen molar-refractivity contribution in [3.8, 4) is 0 Å². The molecule has 4 saturated carbocycles. The molecule has 4 fully saturated rings. The molecule has 0 radical (unpaired) electrons. The van der Waals surface area contributed by atoms with E-state index in [4.69, 9.17) is 0 Å². The Morgan fingerprint density at radius 3 is 2.38 bits per heavy atom. The Labute approximate surface area is 128 Å². The molecule has 0 aromatic carbocycles. The van der Waals surface area contributed by atoms with Crippen LogP contribution in [0, 0.1) is 23.2 Å². The molecule has 3 heteroatoms. The van der Waals surface area contributed by atoms with Gasteiger partial charge in [0, 0.05) is 37.9 Å². The van der Waals surface area contributed by atoms with Crippen molar-refractivity contribution in [2.75, 3.05) is 6.54 Å². The summed E-state index contributed by atoms with van der Waals surface area (Å²) in [7, 11) is 2.04. The highest BCUT2D eigenvalue weighted by Gasteiger charge is 2.52. The molecule has 4 aliphatic carbocycles. The Kier molecular flexibility index (Phi) is 3.36. The highest BCUT2D eigenvalue weighted by atomic mass is 15.3. The normalized spacial score (nSPS) is 38.9. The van der Waals surface area contributed by atoms with Crippen molar-refractivity contribution in [1.82, 2.24) is 15.1 Å². The minimum atomic E-state index is 0.626. The molecule has 4 bridgehead atoms. The zero-order chi connectivity index (χ0) is 14.4. The molecule has 116 valence electrons. The minimum absolute atomic E-state index is 0.626. The Balaban J connectivity index is 1.36. The van der Waals surface area contributed by atoms with E-state index in [9.17, 15) is 0 Å². The second kappa shape index (κ2) is 5.12. The fraction of sp³-hybridized carbons (Fsp3) is 0.833. The van der Waals surface area contributed by atoms with Crippen LogP contribution in [0.4, 0.5) is 0 Å². The molecule has 3 nitrogen and oxygen atoms in total. The standard InChI is InChI=1S/C18H29N3/c1-13(19-5-3-17-4-6-20-21(17)2)18-10-14-7-15(11-18)9-16(8-14)12-18/h4,6,13-16,19H,3,5,7-12H2,1-2H3. The van der Waals surface area contributed by atoms with Crippen LogP contribution in [0.2, 0.25) is 0 Å². The third kappa shape index (κ3) is 2.44. The predicted molar refractivity (Wildman–Crippen MR) is 85.0 cm³/mol. The van der Waals surface area contributed by atoms with Crippen molar-refractivity contribution < 1.29 is 0 Å². The van der Waals surface area contributed by atoms with E-state index in [-0.39, 0.29) is 0 Å². The average molecular weight is 287 g/mol. The van der Waals surface area contributed by atoms with Crippen molar-refractivity contribution in [1.29, 1.82) is 0 Å². The quantitative estimate of drug-likeness (QED) is 0.901. The molecule has 1 aromatic rings. The van der Waals surface area contributed by atoms with Gasteiger partial charge in [-0.05, 0) is 74.7 Å². The highest BCUT2D eigenvalue weighted by molar-refractivity contribution is 5.06. The predicted octanol–water partition coefficient (Wildman–Crippen LogP) is 3.16. The molecule has 1 N–H and O–H groups in total. The molecule has 4 aliphatic rings. The first-order valence-corrected chi connectivity index (χ1v) is 8.85. The summed E-state index contributed by atoms with van der Waals surface area (Å²) in [6, 6.07) is 2.82. The van der Waals surface area contributed by atoms with Crippen molar-refractivity contribution in [2.24, 2.45) is 30.2 Å². The number of aryl methyl sites for hydroxylation is 1. The fourth-order valence-corrected chi connectivity index (χ4v) is 5.99. The van der Waals surface area contributed by atoms with Crippen LogP contribution in [0.15, 0.2) is 12.3 Å². The molecule has 5 rings (SSSR count). The molecule has 21 heavy (non-hydrogen) atoms. The van der Waals surface area contributed by atoms with Gasteiger partial charge in [-0.3, -0.25) is 4.68 Å². The second-order valence-electron chi connectivity index (χ2n) is 8.15. The molecular weight excluding hydrogens is 258 g/mol. The molecule has 0 aliphatic heterocycles. The number of rotatable bonds is 5. The summed E-state index contributed by atoms with van der Waals surface area (Å²) < 4.78 is 2.00. The summed E-state index contributed by atoms with van der Waals surface area (Å²) in [6.07, 6.45) is 12.1. The maximum absolute atomic E-state index is 4.26. The van der Waals surface area contributed by atoms with Gasteiger partial charge < -0.3 is 5.32 Å². The third-order valence-electron chi connectivity index (χ3n) is 6.76. The van der Waals surface area contributed by atoms with Gasteiger partial charge in [0.25, 0.3) is 0 Å². The summed E-state index contributed by atoms with van der Waals surface area (Å²) in [6.45, 7) is 3.54. The molecular formula is C18H29N3. The summed E-state index contributed by atoms with van der Waals surface area (Å²) >= 11 is 0. The van der Waals surface area contributed by atoms with Gasteiger partial charge in [0.1, 0.15) is 0 Å². The lowest BCUT2D eigenvalue weighted by Gasteiger charge is -2.59. The SMILES string of the molecule is CC(NCCc1ccnn1C)C12CC3CC(CC(C3)C1)C2. The number of nitrogens with zero attached hydrogens (tertiary/aromatic N) is 2. The third-order valence-corrected chi connectivity index (χ3v) is 6.76. The first kappa shape index (κ1) is 13.8. The topological polar surface area (TPSA) is 29.9 Å². The fourth-order valence-electron chi connectivity index (χ4n) is 5.99. The smallest absolute Gasteiger partial charge is 0.0492 e. The maximum atomic E-state index is 4.26. The van der Waals surface area contributed by atoms with Gasteiger partial charge in [-0.1, -0.05) is 0 Å². The van der Waals surface area contributed by atoms with Crippen LogP contribution in [0.1, 0.15) is 51.1 Å². The van der Waals surface area contributed by atoms with E-state index in [1.54, 1.807) is 19.3 Å². The van der Waals surface area contributed by atoms with E-state index in [2.05, 4.69) is 23.4 Å². The van der Waals surface area contributed by atoms with Crippen LogP contribution in [0.5, 0.6) is 0 Å². The summed E-state index contributed by atoms with van der Waals surface area (Å²) in [5.74, 6) is 3.16. The van der Waals surface area contributed by atoms with E-state index in [0.29, 0.717) is 11.5 Å². The van der Waals surface area contributed by atoms with Gasteiger partial charge in [0.2, 0.25) is 0 Å². The summed E-state index contributed by atoms with van der Waals surface area (Å²) in [4.78, 5) is 0. The van der Waals surface area contributed by atoms with Gasteiger partial charge in [-0.2, -0.15) is 5.10 Å². The largest absolute Gasteiger partial charge is 0.313 e. The van der Waals surface area contributed by atoms with Crippen LogP contribution in [0.3, 0.4) is 0 Å². The number of nitrogens with one attached hydrogen (secondary N) is 1. The lowest BCUT2D eigenvalue weighted by atomic mass is 9.48. The van der Waals surface area contributed by atoms with Crippen molar-refractivity contribution in [2.45, 2.75) is 57.9 Å². The van der Waals surface area contributed by atoms with Gasteiger partial charge in [0.15, 0.2) is 0 Å². The van der Waals surface area contributed by atoms with Crippen molar-refractivity contribution in [3.63, 3.8) is 0 Å². The zero-order valence-corrected chi connectivity index (χ0v) is 13.5. The highest BCUT2D eigenvalue weighted by Crippen LogP contribution is 2.61. The molecule has 0 saturated heterocycles. The Morgan fingerprint density at radius 1 is 1.24 bits per heavy atom. The molecule has 0 spiro atoms. The van der Waals surface area contributed by atoms with Crippen LogP contribution in [0.25, 0.3) is 0 Å².